The lowest BCUT2D eigenvalue weighted by molar-refractivity contribution is 0.0919. The number of piperidine rings is 1. The Kier molecular flexibility index (Phi) is 5.43. The van der Waals surface area contributed by atoms with Gasteiger partial charge in [-0.1, -0.05) is 6.92 Å². The molecule has 1 aliphatic rings. The van der Waals surface area contributed by atoms with Crippen molar-refractivity contribution in [3.8, 4) is 0 Å². The summed E-state index contributed by atoms with van der Waals surface area (Å²) in [6, 6.07) is 4.15. The number of hydrogen-bond acceptors (Lipinski definition) is 3. The van der Waals surface area contributed by atoms with Crippen molar-refractivity contribution in [1.29, 1.82) is 0 Å². The molecule has 2 rings (SSSR count). The molecule has 1 amide bonds. The number of thiophene rings is 1. The summed E-state index contributed by atoms with van der Waals surface area (Å²) in [6.45, 7) is 6.17. The Labute approximate surface area is 112 Å². The van der Waals surface area contributed by atoms with Gasteiger partial charge in [0.15, 0.2) is 0 Å². The number of halogens is 1. The van der Waals surface area contributed by atoms with Crippen molar-refractivity contribution >= 4 is 29.7 Å². The predicted octanol–water partition coefficient (Wildman–Crippen LogP) is 2.21. The molecule has 96 valence electrons. The highest BCUT2D eigenvalue weighted by atomic mass is 35.5. The third kappa shape index (κ3) is 3.69. The van der Waals surface area contributed by atoms with Crippen LogP contribution in [0.5, 0.6) is 0 Å². The zero-order valence-electron chi connectivity index (χ0n) is 10.2. The monoisotopic (exact) mass is 274 g/mol. The summed E-state index contributed by atoms with van der Waals surface area (Å²) >= 11 is 1.55. The first-order valence-corrected chi connectivity index (χ1v) is 6.56. The molecular formula is C12H19ClN2OS. The minimum absolute atomic E-state index is 0. The Hall–Kier alpha value is -0.580. The summed E-state index contributed by atoms with van der Waals surface area (Å²) in [4.78, 5) is 13.9. The molecule has 1 aromatic heterocycles. The molecule has 0 saturated carbocycles. The van der Waals surface area contributed by atoms with Crippen LogP contribution in [0.4, 0.5) is 0 Å². The van der Waals surface area contributed by atoms with Crippen LogP contribution in [0.2, 0.25) is 0 Å². The minimum atomic E-state index is 0. The molecule has 5 heteroatoms. The van der Waals surface area contributed by atoms with Crippen LogP contribution in [-0.2, 0) is 0 Å². The lowest BCUT2D eigenvalue weighted by Gasteiger charge is -2.30. The van der Waals surface area contributed by atoms with E-state index in [1.54, 1.807) is 11.3 Å². The van der Waals surface area contributed by atoms with E-state index in [1.165, 1.54) is 4.88 Å². The number of hydrogen-bond donors (Lipinski definition) is 2. The first-order chi connectivity index (χ1) is 7.66. The van der Waals surface area contributed by atoms with E-state index in [-0.39, 0.29) is 24.4 Å². The Morgan fingerprint density at radius 2 is 2.29 bits per heavy atom. The largest absolute Gasteiger partial charge is 0.347 e. The van der Waals surface area contributed by atoms with Crippen LogP contribution >= 0.6 is 23.7 Å². The average molecular weight is 275 g/mol. The Bertz CT molecular complexity index is 380. The standard InChI is InChI=1S/C12H18N2OS.ClH/c1-8-5-6-13-7-10(8)14-12(15)11-4-3-9(2)16-11;/h3-4,8,10,13H,5-7H2,1-2H3,(H,14,15);1H. The number of rotatable bonds is 2. The van der Waals surface area contributed by atoms with Crippen LogP contribution < -0.4 is 10.6 Å². The molecule has 1 aliphatic heterocycles. The van der Waals surface area contributed by atoms with Crippen LogP contribution in [0, 0.1) is 12.8 Å². The first kappa shape index (κ1) is 14.5. The van der Waals surface area contributed by atoms with E-state index < -0.39 is 0 Å². The molecule has 1 aromatic rings. The van der Waals surface area contributed by atoms with E-state index in [0.29, 0.717) is 5.92 Å². The number of aryl methyl sites for hydroxylation is 1. The van der Waals surface area contributed by atoms with Crippen LogP contribution in [0.15, 0.2) is 12.1 Å². The molecular weight excluding hydrogens is 256 g/mol. The zero-order valence-corrected chi connectivity index (χ0v) is 11.8. The van der Waals surface area contributed by atoms with Crippen molar-refractivity contribution in [2.75, 3.05) is 13.1 Å². The van der Waals surface area contributed by atoms with E-state index >= 15 is 0 Å². The highest BCUT2D eigenvalue weighted by molar-refractivity contribution is 7.13. The number of carbonyl (C=O) groups excluding carboxylic acids is 1. The molecule has 0 aromatic carbocycles. The van der Waals surface area contributed by atoms with Gasteiger partial charge in [0.2, 0.25) is 0 Å². The fourth-order valence-electron chi connectivity index (χ4n) is 1.98. The molecule has 0 bridgehead atoms. The van der Waals surface area contributed by atoms with Crippen molar-refractivity contribution in [2.45, 2.75) is 26.3 Å². The molecule has 0 radical (unpaired) electrons. The summed E-state index contributed by atoms with van der Waals surface area (Å²) in [5, 5.41) is 6.42. The molecule has 2 atom stereocenters. The lowest BCUT2D eigenvalue weighted by atomic mass is 9.95. The quantitative estimate of drug-likeness (QED) is 0.868. The maximum absolute atomic E-state index is 11.9. The van der Waals surface area contributed by atoms with Crippen LogP contribution in [0.1, 0.15) is 27.9 Å². The van der Waals surface area contributed by atoms with Gasteiger partial charge >= 0.3 is 0 Å². The van der Waals surface area contributed by atoms with Gasteiger partial charge in [0.25, 0.3) is 5.91 Å². The maximum atomic E-state index is 11.9. The van der Waals surface area contributed by atoms with Crippen molar-refractivity contribution in [3.05, 3.63) is 21.9 Å². The summed E-state index contributed by atoms with van der Waals surface area (Å²) in [7, 11) is 0. The molecule has 2 unspecified atom stereocenters. The minimum Gasteiger partial charge on any atom is -0.347 e. The number of carbonyl (C=O) groups is 1. The zero-order chi connectivity index (χ0) is 11.5. The summed E-state index contributed by atoms with van der Waals surface area (Å²) in [5.41, 5.74) is 0. The van der Waals surface area contributed by atoms with Gasteiger partial charge in [-0.2, -0.15) is 0 Å². The van der Waals surface area contributed by atoms with Gasteiger partial charge in [-0.25, -0.2) is 0 Å². The highest BCUT2D eigenvalue weighted by Crippen LogP contribution is 2.16. The second-order valence-electron chi connectivity index (χ2n) is 4.46. The summed E-state index contributed by atoms with van der Waals surface area (Å²) < 4.78 is 0. The van der Waals surface area contributed by atoms with Gasteiger partial charge in [0.05, 0.1) is 4.88 Å². The van der Waals surface area contributed by atoms with Crippen LogP contribution in [-0.4, -0.2) is 25.0 Å². The van der Waals surface area contributed by atoms with Crippen molar-refractivity contribution in [2.24, 2.45) is 5.92 Å². The van der Waals surface area contributed by atoms with E-state index in [4.69, 9.17) is 0 Å². The third-order valence-corrected chi connectivity index (χ3v) is 4.11. The van der Waals surface area contributed by atoms with Crippen LogP contribution in [0.25, 0.3) is 0 Å². The molecule has 17 heavy (non-hydrogen) atoms. The lowest BCUT2D eigenvalue weighted by Crippen LogP contribution is -2.50. The Morgan fingerprint density at radius 1 is 1.53 bits per heavy atom. The molecule has 2 heterocycles. The number of amides is 1. The second kappa shape index (κ2) is 6.38. The van der Waals surface area contributed by atoms with Crippen molar-refractivity contribution in [3.63, 3.8) is 0 Å². The maximum Gasteiger partial charge on any atom is 0.261 e. The van der Waals surface area contributed by atoms with Gasteiger partial charge < -0.3 is 10.6 Å². The van der Waals surface area contributed by atoms with Gasteiger partial charge in [-0.05, 0) is 37.9 Å². The summed E-state index contributed by atoms with van der Waals surface area (Å²) in [5.74, 6) is 0.630. The fraction of sp³-hybridized carbons (Fsp3) is 0.583. The fourth-order valence-corrected chi connectivity index (χ4v) is 2.75. The number of nitrogens with one attached hydrogen (secondary N) is 2. The van der Waals surface area contributed by atoms with Gasteiger partial charge in [0.1, 0.15) is 0 Å². The molecule has 0 aliphatic carbocycles. The van der Waals surface area contributed by atoms with E-state index in [9.17, 15) is 4.79 Å². The highest BCUT2D eigenvalue weighted by Gasteiger charge is 2.23. The third-order valence-electron chi connectivity index (χ3n) is 3.11. The first-order valence-electron chi connectivity index (χ1n) is 5.75. The SMILES string of the molecule is Cc1ccc(C(=O)NC2CNCCC2C)s1.Cl. The molecule has 1 saturated heterocycles. The van der Waals surface area contributed by atoms with E-state index in [1.807, 2.05) is 19.1 Å². The van der Waals surface area contributed by atoms with Crippen molar-refractivity contribution < 1.29 is 4.79 Å². The molecule has 2 N–H and O–H groups in total. The Morgan fingerprint density at radius 3 is 2.88 bits per heavy atom. The smallest absolute Gasteiger partial charge is 0.261 e. The summed E-state index contributed by atoms with van der Waals surface area (Å²) in [6.07, 6.45) is 1.13. The van der Waals surface area contributed by atoms with Gasteiger partial charge in [-0.15, -0.1) is 23.7 Å². The van der Waals surface area contributed by atoms with E-state index in [2.05, 4.69) is 17.6 Å². The topological polar surface area (TPSA) is 41.1 Å². The average Bonchev–Trinajstić information content (AvgIpc) is 2.68. The normalized spacial score (nSPS) is 23.9. The van der Waals surface area contributed by atoms with Gasteiger partial charge in [0, 0.05) is 17.5 Å². The molecule has 1 fully saturated rings. The van der Waals surface area contributed by atoms with Gasteiger partial charge in [-0.3, -0.25) is 4.79 Å². The Balaban J connectivity index is 0.00000144. The van der Waals surface area contributed by atoms with Crippen molar-refractivity contribution in [1.82, 2.24) is 10.6 Å². The second-order valence-corrected chi connectivity index (χ2v) is 5.75. The predicted molar refractivity (Wildman–Crippen MR) is 74.2 cm³/mol. The molecule has 0 spiro atoms. The molecule has 3 nitrogen and oxygen atoms in total. The van der Waals surface area contributed by atoms with E-state index in [0.717, 1.165) is 24.4 Å². The van der Waals surface area contributed by atoms with Crippen LogP contribution in [0.3, 0.4) is 0 Å².